The minimum Gasteiger partial charge on any atom is -0.326 e. The van der Waals surface area contributed by atoms with Crippen LogP contribution in [0.5, 0.6) is 0 Å². The van der Waals surface area contributed by atoms with Gasteiger partial charge in [-0.1, -0.05) is 15.9 Å². The fourth-order valence-corrected chi connectivity index (χ4v) is 4.11. The predicted octanol–water partition coefficient (Wildman–Crippen LogP) is 1.47. The van der Waals surface area contributed by atoms with Gasteiger partial charge in [0, 0.05) is 29.2 Å². The molecule has 1 saturated heterocycles. The molecule has 1 atom stereocenters. The summed E-state index contributed by atoms with van der Waals surface area (Å²) in [5.41, 5.74) is 1.70. The van der Waals surface area contributed by atoms with Gasteiger partial charge in [0.05, 0.1) is 11.5 Å². The molecular weight excluding hydrogens is 344 g/mol. The average Bonchev–Trinajstić information content (AvgIpc) is 2.31. The Hall–Kier alpha value is -0.920. The molecule has 1 aliphatic heterocycles. The van der Waals surface area contributed by atoms with Gasteiger partial charge in [-0.3, -0.25) is 4.79 Å². The number of aryl methyl sites for hydroxylation is 1. The molecule has 1 unspecified atom stereocenters. The number of sulfone groups is 1. The standard InChI is InChI=1S/C13H17BrN2O3S/c1-9-6-10(14)2-3-12(9)16-13(17)7-11-8-20(18,19)5-4-15-11/h2-3,6,11,15H,4-5,7-8H2,1H3,(H,16,17). The van der Waals surface area contributed by atoms with Crippen molar-refractivity contribution in [3.05, 3.63) is 28.2 Å². The summed E-state index contributed by atoms with van der Waals surface area (Å²) in [5, 5.41) is 5.89. The summed E-state index contributed by atoms with van der Waals surface area (Å²) in [7, 11) is -3.01. The van der Waals surface area contributed by atoms with E-state index in [9.17, 15) is 13.2 Å². The lowest BCUT2D eigenvalue weighted by Crippen LogP contribution is -2.46. The van der Waals surface area contributed by atoms with Crippen molar-refractivity contribution in [2.24, 2.45) is 0 Å². The summed E-state index contributed by atoms with van der Waals surface area (Å²) >= 11 is 3.37. The van der Waals surface area contributed by atoms with Crippen LogP contribution in [0.4, 0.5) is 5.69 Å². The summed E-state index contributed by atoms with van der Waals surface area (Å²) in [4.78, 5) is 12.0. The van der Waals surface area contributed by atoms with Gasteiger partial charge in [-0.05, 0) is 30.7 Å². The monoisotopic (exact) mass is 360 g/mol. The Kier molecular flexibility index (Phi) is 4.82. The Morgan fingerprint density at radius 2 is 2.25 bits per heavy atom. The zero-order chi connectivity index (χ0) is 14.8. The fraction of sp³-hybridized carbons (Fsp3) is 0.462. The average molecular weight is 361 g/mol. The Balaban J connectivity index is 1.95. The summed E-state index contributed by atoms with van der Waals surface area (Å²) < 4.78 is 24.0. The lowest BCUT2D eigenvalue weighted by molar-refractivity contribution is -0.116. The van der Waals surface area contributed by atoms with Gasteiger partial charge in [0.15, 0.2) is 9.84 Å². The Bertz CT molecular complexity index is 616. The van der Waals surface area contributed by atoms with Gasteiger partial charge in [0.25, 0.3) is 0 Å². The fourth-order valence-electron chi connectivity index (χ4n) is 2.19. The number of nitrogens with one attached hydrogen (secondary N) is 2. The second-order valence-corrected chi connectivity index (χ2v) is 8.12. The molecule has 1 amide bonds. The summed E-state index contributed by atoms with van der Waals surface area (Å²) in [6, 6.07) is 5.29. The molecule has 0 radical (unpaired) electrons. The van der Waals surface area contributed by atoms with Gasteiger partial charge in [0.1, 0.15) is 0 Å². The van der Waals surface area contributed by atoms with Crippen LogP contribution in [0.15, 0.2) is 22.7 Å². The third kappa shape index (κ3) is 4.29. The van der Waals surface area contributed by atoms with Crippen LogP contribution in [0.3, 0.4) is 0 Å². The maximum atomic E-state index is 12.0. The maximum Gasteiger partial charge on any atom is 0.225 e. The minimum atomic E-state index is -3.01. The Labute approximate surface area is 127 Å². The van der Waals surface area contributed by atoms with Crippen LogP contribution < -0.4 is 10.6 Å². The van der Waals surface area contributed by atoms with E-state index in [1.165, 1.54) is 0 Å². The van der Waals surface area contributed by atoms with Gasteiger partial charge in [-0.2, -0.15) is 0 Å². The third-order valence-corrected chi connectivity index (χ3v) is 5.43. The molecule has 0 bridgehead atoms. The Morgan fingerprint density at radius 3 is 2.90 bits per heavy atom. The highest BCUT2D eigenvalue weighted by molar-refractivity contribution is 9.10. The third-order valence-electron chi connectivity index (χ3n) is 3.20. The van der Waals surface area contributed by atoms with Crippen molar-refractivity contribution >= 4 is 37.4 Å². The second kappa shape index (κ2) is 6.24. The summed E-state index contributed by atoms with van der Waals surface area (Å²) in [6.07, 6.45) is 0.161. The minimum absolute atomic E-state index is 0.0275. The molecule has 2 N–H and O–H groups in total. The van der Waals surface area contributed by atoms with Crippen molar-refractivity contribution in [2.45, 2.75) is 19.4 Å². The van der Waals surface area contributed by atoms with Gasteiger partial charge in [-0.25, -0.2) is 8.42 Å². The molecule has 0 aromatic heterocycles. The smallest absolute Gasteiger partial charge is 0.225 e. The molecular formula is C13H17BrN2O3S. The van der Waals surface area contributed by atoms with Gasteiger partial charge < -0.3 is 10.6 Å². The predicted molar refractivity (Wildman–Crippen MR) is 82.6 cm³/mol. The van der Waals surface area contributed by atoms with Crippen molar-refractivity contribution in [2.75, 3.05) is 23.4 Å². The van der Waals surface area contributed by atoms with E-state index in [-0.39, 0.29) is 29.9 Å². The van der Waals surface area contributed by atoms with E-state index in [0.29, 0.717) is 6.54 Å². The number of rotatable bonds is 3. The molecule has 0 spiro atoms. The normalized spacial score (nSPS) is 21.4. The van der Waals surface area contributed by atoms with Crippen molar-refractivity contribution in [1.29, 1.82) is 0 Å². The number of anilines is 1. The molecule has 5 nitrogen and oxygen atoms in total. The highest BCUT2D eigenvalue weighted by atomic mass is 79.9. The maximum absolute atomic E-state index is 12.0. The lowest BCUT2D eigenvalue weighted by atomic mass is 10.1. The van der Waals surface area contributed by atoms with E-state index in [1.807, 2.05) is 25.1 Å². The van der Waals surface area contributed by atoms with Crippen LogP contribution in [-0.2, 0) is 14.6 Å². The van der Waals surface area contributed by atoms with E-state index in [0.717, 1.165) is 15.7 Å². The van der Waals surface area contributed by atoms with Gasteiger partial charge in [0.2, 0.25) is 5.91 Å². The van der Waals surface area contributed by atoms with Crippen molar-refractivity contribution in [3.63, 3.8) is 0 Å². The number of amides is 1. The van der Waals surface area contributed by atoms with Gasteiger partial charge in [-0.15, -0.1) is 0 Å². The second-order valence-electron chi connectivity index (χ2n) is 4.98. The quantitative estimate of drug-likeness (QED) is 0.855. The molecule has 0 saturated carbocycles. The zero-order valence-electron chi connectivity index (χ0n) is 11.1. The molecule has 20 heavy (non-hydrogen) atoms. The zero-order valence-corrected chi connectivity index (χ0v) is 13.6. The largest absolute Gasteiger partial charge is 0.326 e. The molecule has 110 valence electrons. The Morgan fingerprint density at radius 1 is 1.50 bits per heavy atom. The molecule has 0 aliphatic carbocycles. The van der Waals surface area contributed by atoms with Crippen molar-refractivity contribution in [3.8, 4) is 0 Å². The lowest BCUT2D eigenvalue weighted by Gasteiger charge is -2.23. The molecule has 1 aliphatic rings. The first-order valence-corrected chi connectivity index (χ1v) is 8.97. The molecule has 1 aromatic carbocycles. The first kappa shape index (κ1) is 15.5. The SMILES string of the molecule is Cc1cc(Br)ccc1NC(=O)CC1CS(=O)(=O)CCN1. The van der Waals surface area contributed by atoms with E-state index in [1.54, 1.807) is 0 Å². The summed E-state index contributed by atoms with van der Waals surface area (Å²) in [6.45, 7) is 2.32. The highest BCUT2D eigenvalue weighted by Gasteiger charge is 2.26. The van der Waals surface area contributed by atoms with Crippen LogP contribution in [0.1, 0.15) is 12.0 Å². The number of carbonyl (C=O) groups is 1. The molecule has 7 heteroatoms. The van der Waals surface area contributed by atoms with Crippen LogP contribution >= 0.6 is 15.9 Å². The number of halogens is 1. The number of benzene rings is 1. The first-order valence-electron chi connectivity index (χ1n) is 6.35. The highest BCUT2D eigenvalue weighted by Crippen LogP contribution is 2.20. The van der Waals surface area contributed by atoms with Crippen molar-refractivity contribution < 1.29 is 13.2 Å². The number of hydrogen-bond donors (Lipinski definition) is 2. The molecule has 1 aromatic rings. The molecule has 2 rings (SSSR count). The molecule has 1 fully saturated rings. The van der Waals surface area contributed by atoms with Crippen molar-refractivity contribution in [1.82, 2.24) is 5.32 Å². The van der Waals surface area contributed by atoms with Crippen LogP contribution in [0.25, 0.3) is 0 Å². The topological polar surface area (TPSA) is 75.3 Å². The van der Waals surface area contributed by atoms with E-state index >= 15 is 0 Å². The van der Waals surface area contributed by atoms with E-state index in [2.05, 4.69) is 26.6 Å². The summed E-state index contributed by atoms with van der Waals surface area (Å²) in [5.74, 6) is 0.00136. The van der Waals surface area contributed by atoms with E-state index in [4.69, 9.17) is 0 Å². The number of carbonyl (C=O) groups excluding carboxylic acids is 1. The van der Waals surface area contributed by atoms with Crippen LogP contribution in [0, 0.1) is 6.92 Å². The van der Waals surface area contributed by atoms with E-state index < -0.39 is 9.84 Å². The van der Waals surface area contributed by atoms with Gasteiger partial charge >= 0.3 is 0 Å². The van der Waals surface area contributed by atoms with Crippen LogP contribution in [0.2, 0.25) is 0 Å². The van der Waals surface area contributed by atoms with Crippen LogP contribution in [-0.4, -0.2) is 38.4 Å². The number of hydrogen-bond acceptors (Lipinski definition) is 4. The first-order chi connectivity index (χ1) is 9.35. The molecule has 1 heterocycles.